The highest BCUT2D eigenvalue weighted by atomic mass is 16.5. The number of piperazine rings is 1. The van der Waals surface area contributed by atoms with Gasteiger partial charge in [0, 0.05) is 44.1 Å². The van der Waals surface area contributed by atoms with E-state index in [1.165, 1.54) is 0 Å². The molecule has 0 unspecified atom stereocenters. The van der Waals surface area contributed by atoms with Crippen molar-refractivity contribution in [1.29, 1.82) is 0 Å². The van der Waals surface area contributed by atoms with Crippen LogP contribution in [0.3, 0.4) is 0 Å². The van der Waals surface area contributed by atoms with Gasteiger partial charge in [0.25, 0.3) is 11.8 Å². The summed E-state index contributed by atoms with van der Waals surface area (Å²) in [5.74, 6) is 1.28. The second-order valence-electron chi connectivity index (χ2n) is 8.17. The molecule has 4 aromatic rings. The van der Waals surface area contributed by atoms with E-state index in [0.29, 0.717) is 43.1 Å². The number of ether oxygens (including phenoxy) is 1. The molecule has 0 saturated carbocycles. The molecule has 174 valence electrons. The lowest BCUT2D eigenvalue weighted by Gasteiger charge is -2.34. The van der Waals surface area contributed by atoms with E-state index in [0.717, 1.165) is 17.1 Å². The van der Waals surface area contributed by atoms with Gasteiger partial charge in [-0.15, -0.1) is 0 Å². The van der Waals surface area contributed by atoms with Crippen LogP contribution in [0.2, 0.25) is 0 Å². The van der Waals surface area contributed by atoms with Gasteiger partial charge in [0.2, 0.25) is 0 Å². The van der Waals surface area contributed by atoms with Gasteiger partial charge in [0.05, 0.1) is 17.0 Å². The minimum Gasteiger partial charge on any atom is -0.457 e. The van der Waals surface area contributed by atoms with Crippen molar-refractivity contribution in [1.82, 2.24) is 19.8 Å². The molecule has 7 nitrogen and oxygen atoms in total. The Balaban J connectivity index is 1.16. The third-order valence-electron chi connectivity index (χ3n) is 5.87. The van der Waals surface area contributed by atoms with Crippen LogP contribution in [-0.4, -0.2) is 57.8 Å². The molecular weight excluding hydrogens is 440 g/mol. The van der Waals surface area contributed by atoms with Gasteiger partial charge in [-0.05, 0) is 60.7 Å². The molecule has 2 aromatic heterocycles. The molecule has 1 fully saturated rings. The zero-order chi connectivity index (χ0) is 24.0. The van der Waals surface area contributed by atoms with Crippen molar-refractivity contribution in [2.75, 3.05) is 26.2 Å². The van der Waals surface area contributed by atoms with Crippen LogP contribution >= 0.6 is 0 Å². The highest BCUT2D eigenvalue weighted by Gasteiger charge is 2.25. The largest absolute Gasteiger partial charge is 0.457 e. The molecule has 0 aliphatic carbocycles. The van der Waals surface area contributed by atoms with Crippen molar-refractivity contribution in [2.24, 2.45) is 0 Å². The molecule has 2 aromatic carbocycles. The summed E-state index contributed by atoms with van der Waals surface area (Å²) in [5.41, 5.74) is 2.61. The number of rotatable bonds is 5. The second-order valence-corrected chi connectivity index (χ2v) is 8.17. The van der Waals surface area contributed by atoms with E-state index in [9.17, 15) is 9.59 Å². The lowest BCUT2D eigenvalue weighted by molar-refractivity contribution is 0.0535. The SMILES string of the molecule is O=C(c1ccc(Oc2ccccc2)cc1)N1CCN(C(=O)c2ccc(-c3ccccn3)nc2)CC1. The molecule has 1 saturated heterocycles. The summed E-state index contributed by atoms with van der Waals surface area (Å²) < 4.78 is 5.80. The molecule has 1 aliphatic rings. The number of carbonyl (C=O) groups is 2. The van der Waals surface area contributed by atoms with Gasteiger partial charge in [-0.3, -0.25) is 19.6 Å². The van der Waals surface area contributed by atoms with Crippen LogP contribution in [-0.2, 0) is 0 Å². The van der Waals surface area contributed by atoms with Crippen LogP contribution < -0.4 is 4.74 Å². The minimum absolute atomic E-state index is 0.0512. The third-order valence-corrected chi connectivity index (χ3v) is 5.87. The number of aromatic nitrogens is 2. The summed E-state index contributed by atoms with van der Waals surface area (Å²) in [4.78, 5) is 38.1. The first-order valence-corrected chi connectivity index (χ1v) is 11.5. The predicted octanol–water partition coefficient (Wildman–Crippen LogP) is 4.53. The Hall–Kier alpha value is -4.52. The fourth-order valence-electron chi connectivity index (χ4n) is 3.95. The van der Waals surface area contributed by atoms with E-state index in [2.05, 4.69) is 9.97 Å². The highest BCUT2D eigenvalue weighted by Crippen LogP contribution is 2.22. The van der Waals surface area contributed by atoms with Crippen LogP contribution in [0.1, 0.15) is 20.7 Å². The van der Waals surface area contributed by atoms with Gasteiger partial charge in [0.15, 0.2) is 0 Å². The summed E-state index contributed by atoms with van der Waals surface area (Å²) in [6.45, 7) is 1.90. The average Bonchev–Trinajstić information content (AvgIpc) is 2.94. The highest BCUT2D eigenvalue weighted by molar-refractivity contribution is 5.96. The van der Waals surface area contributed by atoms with Gasteiger partial charge in [-0.2, -0.15) is 0 Å². The third kappa shape index (κ3) is 5.19. The topological polar surface area (TPSA) is 75.6 Å². The Labute approximate surface area is 203 Å². The Morgan fingerprint density at radius 2 is 1.17 bits per heavy atom. The van der Waals surface area contributed by atoms with E-state index in [-0.39, 0.29) is 11.8 Å². The van der Waals surface area contributed by atoms with Crippen LogP contribution in [0.4, 0.5) is 0 Å². The normalized spacial score (nSPS) is 13.4. The lowest BCUT2D eigenvalue weighted by atomic mass is 10.1. The number of amides is 2. The van der Waals surface area contributed by atoms with E-state index in [1.54, 1.807) is 58.6 Å². The van der Waals surface area contributed by atoms with Crippen molar-refractivity contribution in [3.63, 3.8) is 0 Å². The molecule has 0 radical (unpaired) electrons. The molecule has 1 aliphatic heterocycles. The van der Waals surface area contributed by atoms with Gasteiger partial charge in [-0.25, -0.2) is 0 Å². The molecule has 0 bridgehead atoms. The standard InChI is InChI=1S/C28H24N4O3/c33-27(21-9-12-24(13-10-21)35-23-6-2-1-3-7-23)31-16-18-32(19-17-31)28(34)22-11-14-26(30-20-22)25-8-4-5-15-29-25/h1-15,20H,16-19H2. The number of para-hydroxylation sites is 1. The monoisotopic (exact) mass is 464 g/mol. The first-order valence-electron chi connectivity index (χ1n) is 11.5. The van der Waals surface area contributed by atoms with Crippen molar-refractivity contribution in [3.05, 3.63) is 108 Å². The molecule has 5 rings (SSSR count). The lowest BCUT2D eigenvalue weighted by Crippen LogP contribution is -2.50. The molecule has 2 amide bonds. The van der Waals surface area contributed by atoms with Gasteiger partial charge < -0.3 is 14.5 Å². The van der Waals surface area contributed by atoms with Gasteiger partial charge >= 0.3 is 0 Å². The molecular formula is C28H24N4O3. The predicted molar refractivity (Wildman–Crippen MR) is 132 cm³/mol. The zero-order valence-corrected chi connectivity index (χ0v) is 19.1. The molecule has 0 spiro atoms. The fraction of sp³-hybridized carbons (Fsp3) is 0.143. The molecule has 0 N–H and O–H groups in total. The smallest absolute Gasteiger partial charge is 0.255 e. The maximum Gasteiger partial charge on any atom is 0.255 e. The van der Waals surface area contributed by atoms with E-state index in [4.69, 9.17) is 4.74 Å². The van der Waals surface area contributed by atoms with Crippen molar-refractivity contribution < 1.29 is 14.3 Å². The van der Waals surface area contributed by atoms with Crippen molar-refractivity contribution in [3.8, 4) is 22.9 Å². The number of carbonyl (C=O) groups excluding carboxylic acids is 2. The summed E-state index contributed by atoms with van der Waals surface area (Å²) in [5, 5.41) is 0. The van der Waals surface area contributed by atoms with Crippen molar-refractivity contribution >= 4 is 11.8 Å². The fourth-order valence-corrected chi connectivity index (χ4v) is 3.95. The Morgan fingerprint density at radius 1 is 0.600 bits per heavy atom. The van der Waals surface area contributed by atoms with Crippen LogP contribution in [0.25, 0.3) is 11.4 Å². The van der Waals surface area contributed by atoms with Crippen LogP contribution in [0.15, 0.2) is 97.3 Å². The average molecular weight is 465 g/mol. The van der Waals surface area contributed by atoms with Gasteiger partial charge in [0.1, 0.15) is 11.5 Å². The van der Waals surface area contributed by atoms with E-state index < -0.39 is 0 Å². The number of pyridine rings is 2. The first kappa shape index (κ1) is 22.3. The Morgan fingerprint density at radius 3 is 1.77 bits per heavy atom. The second kappa shape index (κ2) is 10.2. The molecule has 3 heterocycles. The molecule has 35 heavy (non-hydrogen) atoms. The van der Waals surface area contributed by atoms with E-state index in [1.807, 2.05) is 48.5 Å². The van der Waals surface area contributed by atoms with Crippen LogP contribution in [0.5, 0.6) is 11.5 Å². The zero-order valence-electron chi connectivity index (χ0n) is 19.1. The van der Waals surface area contributed by atoms with Crippen LogP contribution in [0, 0.1) is 0 Å². The maximum absolute atomic E-state index is 13.0. The number of hydrogen-bond donors (Lipinski definition) is 0. The summed E-state index contributed by atoms with van der Waals surface area (Å²) in [7, 11) is 0. The molecule has 0 atom stereocenters. The minimum atomic E-state index is -0.0837. The Bertz CT molecular complexity index is 1290. The summed E-state index contributed by atoms with van der Waals surface area (Å²) in [6, 6.07) is 25.8. The maximum atomic E-state index is 13.0. The quantitative estimate of drug-likeness (QED) is 0.434. The van der Waals surface area contributed by atoms with Gasteiger partial charge in [-0.1, -0.05) is 24.3 Å². The number of benzene rings is 2. The molecule has 7 heteroatoms. The summed E-state index contributed by atoms with van der Waals surface area (Å²) >= 11 is 0. The summed E-state index contributed by atoms with van der Waals surface area (Å²) in [6.07, 6.45) is 3.30. The number of nitrogens with zero attached hydrogens (tertiary/aromatic N) is 4. The number of hydrogen-bond acceptors (Lipinski definition) is 5. The van der Waals surface area contributed by atoms with E-state index >= 15 is 0 Å². The Kier molecular flexibility index (Phi) is 6.48. The van der Waals surface area contributed by atoms with Crippen molar-refractivity contribution in [2.45, 2.75) is 0 Å². The first-order chi connectivity index (χ1) is 17.2.